The summed E-state index contributed by atoms with van der Waals surface area (Å²) in [5.41, 5.74) is 1.44. The summed E-state index contributed by atoms with van der Waals surface area (Å²) in [6.45, 7) is 8.06. The molecule has 0 aliphatic heterocycles. The molecule has 0 amide bonds. The Bertz CT molecular complexity index is 331. The standard InChI is InChI=1S/C14H23NS/c1-10-4-5-13(8-12(10)3)15-9-14-11(2)6-7-16-14/h6-7,10,12-13,15H,4-5,8-9H2,1-3H3. The number of nitrogens with one attached hydrogen (secondary N) is 1. The molecule has 16 heavy (non-hydrogen) atoms. The molecule has 1 aromatic rings. The lowest BCUT2D eigenvalue weighted by molar-refractivity contribution is 0.226. The van der Waals surface area contributed by atoms with Crippen LogP contribution in [0.3, 0.4) is 0 Å². The number of hydrogen-bond donors (Lipinski definition) is 1. The molecule has 2 rings (SSSR count). The molecule has 1 aliphatic carbocycles. The van der Waals surface area contributed by atoms with Crippen LogP contribution in [-0.4, -0.2) is 6.04 Å². The first-order chi connectivity index (χ1) is 7.66. The van der Waals surface area contributed by atoms with Crippen LogP contribution in [0.2, 0.25) is 0 Å². The molecule has 90 valence electrons. The minimum absolute atomic E-state index is 0.743. The average molecular weight is 237 g/mol. The van der Waals surface area contributed by atoms with Gasteiger partial charge in [-0.3, -0.25) is 0 Å². The summed E-state index contributed by atoms with van der Waals surface area (Å²) in [7, 11) is 0. The average Bonchev–Trinajstić information content (AvgIpc) is 2.66. The molecule has 3 unspecified atom stereocenters. The predicted molar refractivity (Wildman–Crippen MR) is 71.9 cm³/mol. The third-order valence-electron chi connectivity index (χ3n) is 4.12. The van der Waals surface area contributed by atoms with Crippen molar-refractivity contribution in [1.29, 1.82) is 0 Å². The van der Waals surface area contributed by atoms with E-state index >= 15 is 0 Å². The summed E-state index contributed by atoms with van der Waals surface area (Å²) in [5, 5.41) is 5.92. The van der Waals surface area contributed by atoms with Gasteiger partial charge in [-0.2, -0.15) is 0 Å². The summed E-state index contributed by atoms with van der Waals surface area (Å²) in [6.07, 6.45) is 4.10. The van der Waals surface area contributed by atoms with Crippen molar-refractivity contribution in [2.45, 2.75) is 52.6 Å². The fourth-order valence-corrected chi connectivity index (χ4v) is 3.41. The van der Waals surface area contributed by atoms with E-state index in [-0.39, 0.29) is 0 Å². The fourth-order valence-electron chi connectivity index (χ4n) is 2.56. The van der Waals surface area contributed by atoms with Crippen LogP contribution < -0.4 is 5.32 Å². The van der Waals surface area contributed by atoms with E-state index in [1.165, 1.54) is 29.7 Å². The van der Waals surface area contributed by atoms with Crippen LogP contribution in [0.4, 0.5) is 0 Å². The van der Waals surface area contributed by atoms with E-state index in [2.05, 4.69) is 37.5 Å². The van der Waals surface area contributed by atoms with Gasteiger partial charge in [0.1, 0.15) is 0 Å². The molecule has 1 fully saturated rings. The molecule has 0 saturated heterocycles. The lowest BCUT2D eigenvalue weighted by Crippen LogP contribution is -2.35. The lowest BCUT2D eigenvalue weighted by Gasteiger charge is -2.32. The summed E-state index contributed by atoms with van der Waals surface area (Å²) < 4.78 is 0. The van der Waals surface area contributed by atoms with Gasteiger partial charge in [-0.25, -0.2) is 0 Å². The summed E-state index contributed by atoms with van der Waals surface area (Å²) in [4.78, 5) is 1.51. The first-order valence-corrected chi connectivity index (χ1v) is 7.31. The summed E-state index contributed by atoms with van der Waals surface area (Å²) in [6, 6.07) is 2.96. The van der Waals surface area contributed by atoms with Gasteiger partial charge in [0, 0.05) is 17.5 Å². The first-order valence-electron chi connectivity index (χ1n) is 6.43. The zero-order valence-electron chi connectivity index (χ0n) is 10.6. The molecule has 1 nitrogen and oxygen atoms in total. The second kappa shape index (κ2) is 5.33. The van der Waals surface area contributed by atoms with Crippen LogP contribution in [0.15, 0.2) is 11.4 Å². The molecule has 1 aliphatic rings. The van der Waals surface area contributed by atoms with Crippen molar-refractivity contribution in [1.82, 2.24) is 5.32 Å². The highest BCUT2D eigenvalue weighted by molar-refractivity contribution is 7.10. The van der Waals surface area contributed by atoms with E-state index in [0.29, 0.717) is 0 Å². The second-order valence-corrected chi connectivity index (χ2v) is 6.37. The third-order valence-corrected chi connectivity index (χ3v) is 5.14. The van der Waals surface area contributed by atoms with Crippen LogP contribution >= 0.6 is 11.3 Å². The predicted octanol–water partition coefficient (Wildman–Crippen LogP) is 3.97. The largest absolute Gasteiger partial charge is 0.309 e. The van der Waals surface area contributed by atoms with Gasteiger partial charge in [-0.15, -0.1) is 11.3 Å². The van der Waals surface area contributed by atoms with E-state index in [9.17, 15) is 0 Å². The molecule has 0 aromatic carbocycles. The molecule has 0 spiro atoms. The molecule has 3 atom stereocenters. The SMILES string of the molecule is Cc1ccsc1CNC1CCC(C)C(C)C1. The zero-order chi connectivity index (χ0) is 11.5. The Morgan fingerprint density at radius 3 is 2.75 bits per heavy atom. The molecule has 1 aromatic heterocycles. The molecule has 0 bridgehead atoms. The molecule has 1 N–H and O–H groups in total. The summed E-state index contributed by atoms with van der Waals surface area (Å²) in [5.74, 6) is 1.80. The van der Waals surface area contributed by atoms with Gasteiger partial charge in [-0.1, -0.05) is 13.8 Å². The van der Waals surface area contributed by atoms with Crippen molar-refractivity contribution < 1.29 is 0 Å². The maximum absolute atomic E-state index is 3.73. The van der Waals surface area contributed by atoms with Gasteiger partial charge in [0.2, 0.25) is 0 Å². The van der Waals surface area contributed by atoms with Crippen LogP contribution in [0.1, 0.15) is 43.6 Å². The Kier molecular flexibility index (Phi) is 4.04. The van der Waals surface area contributed by atoms with Crippen molar-refractivity contribution in [2.24, 2.45) is 11.8 Å². The Morgan fingerprint density at radius 2 is 2.12 bits per heavy atom. The number of rotatable bonds is 3. The highest BCUT2D eigenvalue weighted by atomic mass is 32.1. The number of aryl methyl sites for hydroxylation is 1. The van der Waals surface area contributed by atoms with Crippen molar-refractivity contribution in [3.8, 4) is 0 Å². The van der Waals surface area contributed by atoms with Gasteiger partial charge >= 0.3 is 0 Å². The van der Waals surface area contributed by atoms with E-state index in [1.807, 2.05) is 11.3 Å². The van der Waals surface area contributed by atoms with Gasteiger partial charge in [0.05, 0.1) is 0 Å². The Balaban J connectivity index is 1.81. The fraction of sp³-hybridized carbons (Fsp3) is 0.714. The van der Waals surface area contributed by atoms with E-state index < -0.39 is 0 Å². The van der Waals surface area contributed by atoms with Crippen LogP contribution in [0.25, 0.3) is 0 Å². The number of thiophene rings is 1. The highest BCUT2D eigenvalue weighted by Gasteiger charge is 2.24. The maximum Gasteiger partial charge on any atom is 0.0304 e. The molecule has 0 radical (unpaired) electrons. The minimum Gasteiger partial charge on any atom is -0.309 e. The highest BCUT2D eigenvalue weighted by Crippen LogP contribution is 2.29. The monoisotopic (exact) mass is 237 g/mol. The Labute approximate surface area is 103 Å². The quantitative estimate of drug-likeness (QED) is 0.838. The molecule has 1 saturated carbocycles. The molecule has 1 heterocycles. The van der Waals surface area contributed by atoms with Crippen LogP contribution in [0, 0.1) is 18.8 Å². The summed E-state index contributed by atoms with van der Waals surface area (Å²) >= 11 is 1.88. The third kappa shape index (κ3) is 2.86. The molecular weight excluding hydrogens is 214 g/mol. The zero-order valence-corrected chi connectivity index (χ0v) is 11.4. The van der Waals surface area contributed by atoms with Gasteiger partial charge in [0.25, 0.3) is 0 Å². The lowest BCUT2D eigenvalue weighted by atomic mass is 9.79. The van der Waals surface area contributed by atoms with E-state index in [1.54, 1.807) is 0 Å². The van der Waals surface area contributed by atoms with Crippen LogP contribution in [-0.2, 0) is 6.54 Å². The molecular formula is C14H23NS. The van der Waals surface area contributed by atoms with Crippen molar-refractivity contribution in [3.05, 3.63) is 21.9 Å². The Hall–Kier alpha value is -0.340. The van der Waals surface area contributed by atoms with Gasteiger partial charge in [0.15, 0.2) is 0 Å². The smallest absolute Gasteiger partial charge is 0.0304 e. The Morgan fingerprint density at radius 1 is 1.31 bits per heavy atom. The van der Waals surface area contributed by atoms with Gasteiger partial charge < -0.3 is 5.32 Å². The maximum atomic E-state index is 3.73. The van der Waals surface area contributed by atoms with Crippen molar-refractivity contribution >= 4 is 11.3 Å². The minimum atomic E-state index is 0.743. The topological polar surface area (TPSA) is 12.0 Å². The second-order valence-electron chi connectivity index (χ2n) is 5.37. The van der Waals surface area contributed by atoms with Gasteiger partial charge in [-0.05, 0) is 55.0 Å². The van der Waals surface area contributed by atoms with E-state index in [4.69, 9.17) is 0 Å². The first kappa shape index (κ1) is 12.1. The van der Waals surface area contributed by atoms with Crippen molar-refractivity contribution in [2.75, 3.05) is 0 Å². The van der Waals surface area contributed by atoms with Crippen molar-refractivity contribution in [3.63, 3.8) is 0 Å². The van der Waals surface area contributed by atoms with E-state index in [0.717, 1.165) is 24.4 Å². The normalized spacial score (nSPS) is 30.6. The van der Waals surface area contributed by atoms with Crippen LogP contribution in [0.5, 0.6) is 0 Å². The molecule has 2 heteroatoms. The number of hydrogen-bond acceptors (Lipinski definition) is 2.